The van der Waals surface area contributed by atoms with E-state index in [9.17, 15) is 5.11 Å². The Labute approximate surface area is 120 Å². The van der Waals surface area contributed by atoms with Crippen LogP contribution in [0.3, 0.4) is 0 Å². The number of nitrogens with zero attached hydrogens (tertiary/aromatic N) is 1. The lowest BCUT2D eigenvalue weighted by Crippen LogP contribution is -2.39. The zero-order valence-corrected chi connectivity index (χ0v) is 12.0. The lowest BCUT2D eigenvalue weighted by Gasteiger charge is -2.35. The van der Waals surface area contributed by atoms with Crippen molar-refractivity contribution >= 4 is 0 Å². The number of hydrogen-bond donors (Lipinski definition) is 1. The first kappa shape index (κ1) is 13.7. The normalized spacial score (nSPS) is 28.8. The highest BCUT2D eigenvalue weighted by Crippen LogP contribution is 2.40. The maximum absolute atomic E-state index is 9.64. The van der Waals surface area contributed by atoms with Crippen LogP contribution in [0.1, 0.15) is 12.8 Å². The predicted molar refractivity (Wildman–Crippen MR) is 77.1 cm³/mol. The van der Waals surface area contributed by atoms with Gasteiger partial charge in [0.25, 0.3) is 0 Å². The predicted octanol–water partition coefficient (Wildman–Crippen LogP) is 1.78. The van der Waals surface area contributed by atoms with Gasteiger partial charge in [-0.1, -0.05) is 0 Å². The van der Waals surface area contributed by atoms with Crippen molar-refractivity contribution in [2.75, 3.05) is 33.4 Å². The van der Waals surface area contributed by atoms with E-state index in [0.29, 0.717) is 5.92 Å². The van der Waals surface area contributed by atoms with Gasteiger partial charge in [0.1, 0.15) is 11.5 Å². The standard InChI is InChI=1S/C16H23NO3/c1-19-13-3-5-14(6-4-13)20-8-2-7-17-10-12-9-16(18)15(12)11-17/h3-6,12,15-16,18H,2,7-11H2,1H3/t12-,15+,16-/m1/s1. The minimum Gasteiger partial charge on any atom is -0.497 e. The molecule has 4 nitrogen and oxygen atoms in total. The second-order valence-corrected chi connectivity index (χ2v) is 5.86. The summed E-state index contributed by atoms with van der Waals surface area (Å²) in [7, 11) is 1.66. The van der Waals surface area contributed by atoms with Gasteiger partial charge < -0.3 is 19.5 Å². The molecule has 1 aliphatic carbocycles. The van der Waals surface area contributed by atoms with Crippen LogP contribution < -0.4 is 9.47 Å². The molecule has 1 saturated heterocycles. The number of methoxy groups -OCH3 is 1. The third-order valence-electron chi connectivity index (χ3n) is 4.55. The summed E-state index contributed by atoms with van der Waals surface area (Å²) in [4.78, 5) is 2.46. The minimum atomic E-state index is -0.0412. The first-order valence-electron chi connectivity index (χ1n) is 7.43. The molecule has 1 aliphatic heterocycles. The van der Waals surface area contributed by atoms with Crippen LogP contribution >= 0.6 is 0 Å². The molecular formula is C16H23NO3. The lowest BCUT2D eigenvalue weighted by atomic mass is 9.74. The molecule has 4 heteroatoms. The maximum atomic E-state index is 9.64. The summed E-state index contributed by atoms with van der Waals surface area (Å²) in [5.41, 5.74) is 0. The van der Waals surface area contributed by atoms with Crippen molar-refractivity contribution in [2.45, 2.75) is 18.9 Å². The number of aliphatic hydroxyl groups excluding tert-OH is 1. The van der Waals surface area contributed by atoms with Crippen LogP contribution in [-0.4, -0.2) is 49.5 Å². The highest BCUT2D eigenvalue weighted by molar-refractivity contribution is 5.31. The van der Waals surface area contributed by atoms with E-state index in [1.807, 2.05) is 24.3 Å². The highest BCUT2D eigenvalue weighted by Gasteiger charge is 2.45. The molecule has 2 aliphatic rings. The van der Waals surface area contributed by atoms with Crippen LogP contribution in [0.2, 0.25) is 0 Å². The minimum absolute atomic E-state index is 0.0412. The van der Waals surface area contributed by atoms with E-state index in [1.54, 1.807) is 7.11 Å². The average Bonchev–Trinajstić information content (AvgIpc) is 2.81. The molecular weight excluding hydrogens is 254 g/mol. The van der Waals surface area contributed by atoms with E-state index in [1.165, 1.54) is 0 Å². The van der Waals surface area contributed by atoms with E-state index in [2.05, 4.69) is 4.90 Å². The summed E-state index contributed by atoms with van der Waals surface area (Å²) >= 11 is 0. The van der Waals surface area contributed by atoms with Crippen molar-refractivity contribution < 1.29 is 14.6 Å². The van der Waals surface area contributed by atoms with Crippen molar-refractivity contribution in [3.63, 3.8) is 0 Å². The largest absolute Gasteiger partial charge is 0.497 e. The molecule has 0 spiro atoms. The SMILES string of the molecule is COc1ccc(OCCCN2C[C@H]3C[C@@H](O)[C@H]3C2)cc1. The Kier molecular flexibility index (Phi) is 4.13. The fraction of sp³-hybridized carbons (Fsp3) is 0.625. The highest BCUT2D eigenvalue weighted by atomic mass is 16.5. The summed E-state index contributed by atoms with van der Waals surface area (Å²) in [6, 6.07) is 7.69. The summed E-state index contributed by atoms with van der Waals surface area (Å²) in [6.07, 6.45) is 1.99. The van der Waals surface area contributed by atoms with E-state index in [-0.39, 0.29) is 6.10 Å². The molecule has 0 amide bonds. The van der Waals surface area contributed by atoms with Crippen LogP contribution in [0.4, 0.5) is 0 Å². The second kappa shape index (κ2) is 6.02. The molecule has 0 unspecified atom stereocenters. The number of benzene rings is 1. The summed E-state index contributed by atoms with van der Waals surface area (Å²) in [6.45, 7) is 4.02. The molecule has 110 valence electrons. The van der Waals surface area contributed by atoms with Gasteiger partial charge in [0, 0.05) is 25.6 Å². The quantitative estimate of drug-likeness (QED) is 0.805. The molecule has 1 N–H and O–H groups in total. The zero-order chi connectivity index (χ0) is 13.9. The Morgan fingerprint density at radius 2 is 1.95 bits per heavy atom. The molecule has 2 fully saturated rings. The van der Waals surface area contributed by atoms with Crippen LogP contribution in [0, 0.1) is 11.8 Å². The van der Waals surface area contributed by atoms with Gasteiger partial charge in [0.2, 0.25) is 0 Å². The van der Waals surface area contributed by atoms with Crippen molar-refractivity contribution in [3.8, 4) is 11.5 Å². The Balaban J connectivity index is 1.34. The van der Waals surface area contributed by atoms with Crippen molar-refractivity contribution in [1.29, 1.82) is 0 Å². The second-order valence-electron chi connectivity index (χ2n) is 5.86. The molecule has 1 aromatic carbocycles. The van der Waals surface area contributed by atoms with Crippen molar-refractivity contribution in [1.82, 2.24) is 4.90 Å². The molecule has 1 heterocycles. The monoisotopic (exact) mass is 277 g/mol. The Morgan fingerprint density at radius 1 is 1.20 bits per heavy atom. The lowest BCUT2D eigenvalue weighted by molar-refractivity contribution is -0.00433. The summed E-state index contributed by atoms with van der Waals surface area (Å²) in [5, 5.41) is 9.64. The van der Waals surface area contributed by atoms with Gasteiger partial charge in [0.15, 0.2) is 0 Å². The Morgan fingerprint density at radius 3 is 2.60 bits per heavy atom. The van der Waals surface area contributed by atoms with Crippen molar-refractivity contribution in [3.05, 3.63) is 24.3 Å². The van der Waals surface area contributed by atoms with E-state index < -0.39 is 0 Å². The number of rotatable bonds is 6. The fourth-order valence-corrected chi connectivity index (χ4v) is 3.30. The number of likely N-dealkylation sites (tertiary alicyclic amines) is 1. The Hall–Kier alpha value is -1.26. The van der Waals surface area contributed by atoms with Gasteiger partial charge in [-0.2, -0.15) is 0 Å². The number of hydrogen-bond acceptors (Lipinski definition) is 4. The number of ether oxygens (including phenoxy) is 2. The van der Waals surface area contributed by atoms with E-state index >= 15 is 0 Å². The van der Waals surface area contributed by atoms with Gasteiger partial charge in [-0.3, -0.25) is 0 Å². The molecule has 3 rings (SSSR count). The van der Waals surface area contributed by atoms with Crippen LogP contribution in [-0.2, 0) is 0 Å². The molecule has 0 bridgehead atoms. The summed E-state index contributed by atoms with van der Waals surface area (Å²) in [5.74, 6) is 3.02. The molecule has 0 radical (unpaired) electrons. The van der Waals surface area contributed by atoms with E-state index in [0.717, 1.165) is 56.5 Å². The van der Waals surface area contributed by atoms with Gasteiger partial charge in [0.05, 0.1) is 19.8 Å². The smallest absolute Gasteiger partial charge is 0.119 e. The topological polar surface area (TPSA) is 41.9 Å². The Bertz CT molecular complexity index is 434. The van der Waals surface area contributed by atoms with Gasteiger partial charge in [-0.15, -0.1) is 0 Å². The molecule has 3 atom stereocenters. The van der Waals surface area contributed by atoms with Crippen LogP contribution in [0.25, 0.3) is 0 Å². The molecule has 1 saturated carbocycles. The van der Waals surface area contributed by atoms with Crippen LogP contribution in [0.5, 0.6) is 11.5 Å². The number of fused-ring (bicyclic) bond motifs is 1. The van der Waals surface area contributed by atoms with Crippen LogP contribution in [0.15, 0.2) is 24.3 Å². The first-order valence-corrected chi connectivity index (χ1v) is 7.43. The summed E-state index contributed by atoms with van der Waals surface area (Å²) < 4.78 is 10.8. The third kappa shape index (κ3) is 2.91. The van der Waals surface area contributed by atoms with Gasteiger partial charge >= 0.3 is 0 Å². The van der Waals surface area contributed by atoms with Crippen molar-refractivity contribution in [2.24, 2.45) is 11.8 Å². The number of aliphatic hydroxyl groups is 1. The molecule has 1 aromatic rings. The zero-order valence-electron chi connectivity index (χ0n) is 12.0. The fourth-order valence-electron chi connectivity index (χ4n) is 3.30. The third-order valence-corrected chi connectivity index (χ3v) is 4.55. The molecule has 20 heavy (non-hydrogen) atoms. The first-order chi connectivity index (χ1) is 9.76. The van der Waals surface area contributed by atoms with Gasteiger partial charge in [-0.25, -0.2) is 0 Å². The maximum Gasteiger partial charge on any atom is 0.119 e. The average molecular weight is 277 g/mol. The molecule has 0 aromatic heterocycles. The van der Waals surface area contributed by atoms with E-state index in [4.69, 9.17) is 9.47 Å². The van der Waals surface area contributed by atoms with Gasteiger partial charge in [-0.05, 0) is 43.0 Å².